The van der Waals surface area contributed by atoms with E-state index >= 15 is 0 Å². The molecule has 0 aromatic heterocycles. The molecule has 0 bridgehead atoms. The fourth-order valence-electron chi connectivity index (χ4n) is 1.38. The lowest BCUT2D eigenvalue weighted by atomic mass is 10.2. The van der Waals surface area contributed by atoms with Crippen LogP contribution in [0, 0.1) is 11.3 Å². The maximum Gasteiger partial charge on any atom is 0.140 e. The normalized spacial score (nSPS) is 9.56. The van der Waals surface area contributed by atoms with Gasteiger partial charge in [0.1, 0.15) is 17.6 Å². The third kappa shape index (κ3) is 3.47. The van der Waals surface area contributed by atoms with Crippen molar-refractivity contribution in [3.8, 4) is 17.6 Å². The number of hydrogen-bond donors (Lipinski definition) is 0. The summed E-state index contributed by atoms with van der Waals surface area (Å²) in [5.41, 5.74) is 0.553. The van der Waals surface area contributed by atoms with Crippen molar-refractivity contribution in [1.29, 1.82) is 5.26 Å². The van der Waals surface area contributed by atoms with Crippen molar-refractivity contribution in [1.82, 2.24) is 0 Å². The molecule has 0 amide bonds. The quantitative estimate of drug-likeness (QED) is 0.690. The second-order valence-corrected chi connectivity index (χ2v) is 3.53. The molecule has 0 aliphatic rings. The minimum absolute atomic E-state index is 0.553. The van der Waals surface area contributed by atoms with Gasteiger partial charge in [-0.1, -0.05) is 19.8 Å². The molecule has 3 nitrogen and oxygen atoms in total. The van der Waals surface area contributed by atoms with E-state index in [0.29, 0.717) is 23.7 Å². The summed E-state index contributed by atoms with van der Waals surface area (Å²) in [7, 11) is 1.60. The van der Waals surface area contributed by atoms with Crippen molar-refractivity contribution in [2.45, 2.75) is 26.2 Å². The van der Waals surface area contributed by atoms with Crippen LogP contribution in [0.3, 0.4) is 0 Å². The summed E-state index contributed by atoms with van der Waals surface area (Å²) in [6, 6.07) is 7.34. The minimum Gasteiger partial charge on any atom is -0.497 e. The van der Waals surface area contributed by atoms with Crippen molar-refractivity contribution in [3.05, 3.63) is 23.8 Å². The molecule has 3 heteroatoms. The third-order valence-electron chi connectivity index (χ3n) is 2.31. The lowest BCUT2D eigenvalue weighted by Crippen LogP contribution is -1.99. The molecule has 86 valence electrons. The van der Waals surface area contributed by atoms with E-state index in [9.17, 15) is 0 Å². The number of hydrogen-bond acceptors (Lipinski definition) is 3. The van der Waals surface area contributed by atoms with E-state index in [-0.39, 0.29) is 0 Å². The smallest absolute Gasteiger partial charge is 0.140 e. The van der Waals surface area contributed by atoms with Crippen molar-refractivity contribution in [2.24, 2.45) is 0 Å². The van der Waals surface area contributed by atoms with Crippen LogP contribution >= 0.6 is 0 Å². The summed E-state index contributed by atoms with van der Waals surface area (Å²) >= 11 is 0. The molecule has 0 aliphatic carbocycles. The number of methoxy groups -OCH3 is 1. The van der Waals surface area contributed by atoms with Crippen LogP contribution in [0.15, 0.2) is 18.2 Å². The highest BCUT2D eigenvalue weighted by atomic mass is 16.5. The topological polar surface area (TPSA) is 42.2 Å². The molecule has 0 saturated heterocycles. The van der Waals surface area contributed by atoms with Gasteiger partial charge in [0.25, 0.3) is 0 Å². The lowest BCUT2D eigenvalue weighted by Gasteiger charge is -2.09. The number of unbranched alkanes of at least 4 members (excludes halogenated alkanes) is 2. The fourth-order valence-corrected chi connectivity index (χ4v) is 1.38. The van der Waals surface area contributed by atoms with Gasteiger partial charge in [-0.3, -0.25) is 0 Å². The Balaban J connectivity index is 2.65. The molecule has 1 aromatic rings. The molecule has 1 rings (SSSR count). The summed E-state index contributed by atoms with van der Waals surface area (Å²) in [6.45, 7) is 2.79. The van der Waals surface area contributed by atoms with Gasteiger partial charge in [-0.25, -0.2) is 0 Å². The van der Waals surface area contributed by atoms with Gasteiger partial charge < -0.3 is 9.47 Å². The van der Waals surface area contributed by atoms with Crippen LogP contribution in [0.25, 0.3) is 0 Å². The monoisotopic (exact) mass is 219 g/mol. The Bertz CT molecular complexity index is 369. The van der Waals surface area contributed by atoms with Crippen molar-refractivity contribution >= 4 is 0 Å². The van der Waals surface area contributed by atoms with Gasteiger partial charge in [0.15, 0.2) is 0 Å². The van der Waals surface area contributed by atoms with Gasteiger partial charge in [0, 0.05) is 6.07 Å². The largest absolute Gasteiger partial charge is 0.497 e. The molecule has 0 radical (unpaired) electrons. The van der Waals surface area contributed by atoms with Crippen LogP contribution in [0.4, 0.5) is 0 Å². The Morgan fingerprint density at radius 1 is 1.31 bits per heavy atom. The molecule has 0 atom stereocenters. The highest BCUT2D eigenvalue weighted by molar-refractivity contribution is 5.47. The zero-order valence-corrected chi connectivity index (χ0v) is 9.82. The standard InChI is InChI=1S/C13H17NO2/c1-3-4-5-8-16-13-9-12(15-2)7-6-11(13)10-14/h6-7,9H,3-5,8H2,1-2H3. The van der Waals surface area contributed by atoms with Crippen LogP contribution in [-0.2, 0) is 0 Å². The van der Waals surface area contributed by atoms with E-state index in [1.165, 1.54) is 0 Å². The molecular weight excluding hydrogens is 202 g/mol. The maximum atomic E-state index is 8.91. The first-order valence-corrected chi connectivity index (χ1v) is 5.52. The van der Waals surface area contributed by atoms with Crippen LogP contribution in [-0.4, -0.2) is 13.7 Å². The van der Waals surface area contributed by atoms with E-state index in [4.69, 9.17) is 14.7 Å². The maximum absolute atomic E-state index is 8.91. The van der Waals surface area contributed by atoms with Gasteiger partial charge in [0.2, 0.25) is 0 Å². The molecule has 0 unspecified atom stereocenters. The number of ether oxygens (including phenoxy) is 2. The van der Waals surface area contributed by atoms with Crippen molar-refractivity contribution in [2.75, 3.05) is 13.7 Å². The van der Waals surface area contributed by atoms with E-state index in [2.05, 4.69) is 13.0 Å². The predicted octanol–water partition coefficient (Wildman–Crippen LogP) is 3.14. The SMILES string of the molecule is CCCCCOc1cc(OC)ccc1C#N. The molecule has 0 aliphatic heterocycles. The molecule has 1 aromatic carbocycles. The van der Waals surface area contributed by atoms with Crippen molar-refractivity contribution < 1.29 is 9.47 Å². The molecule has 16 heavy (non-hydrogen) atoms. The molecule has 0 fully saturated rings. The van der Waals surface area contributed by atoms with Gasteiger partial charge in [0.05, 0.1) is 19.3 Å². The Labute approximate surface area is 96.6 Å². The number of rotatable bonds is 6. The fraction of sp³-hybridized carbons (Fsp3) is 0.462. The van der Waals surface area contributed by atoms with Crippen LogP contribution in [0.2, 0.25) is 0 Å². The van der Waals surface area contributed by atoms with E-state index in [0.717, 1.165) is 19.3 Å². The van der Waals surface area contributed by atoms with Gasteiger partial charge in [-0.2, -0.15) is 5.26 Å². The van der Waals surface area contributed by atoms with Crippen LogP contribution in [0.5, 0.6) is 11.5 Å². The second-order valence-electron chi connectivity index (χ2n) is 3.53. The van der Waals surface area contributed by atoms with Crippen LogP contribution in [0.1, 0.15) is 31.7 Å². The first kappa shape index (κ1) is 12.4. The Morgan fingerprint density at radius 2 is 2.12 bits per heavy atom. The van der Waals surface area contributed by atoms with Gasteiger partial charge in [-0.05, 0) is 18.6 Å². The number of nitriles is 1. The zero-order valence-electron chi connectivity index (χ0n) is 9.82. The summed E-state index contributed by atoms with van der Waals surface area (Å²) in [4.78, 5) is 0. The van der Waals surface area contributed by atoms with Gasteiger partial charge >= 0.3 is 0 Å². The summed E-state index contributed by atoms with van der Waals surface area (Å²) in [5, 5.41) is 8.91. The average Bonchev–Trinajstić information content (AvgIpc) is 2.34. The van der Waals surface area contributed by atoms with Gasteiger partial charge in [-0.15, -0.1) is 0 Å². The van der Waals surface area contributed by atoms with Crippen molar-refractivity contribution in [3.63, 3.8) is 0 Å². The highest BCUT2D eigenvalue weighted by Gasteiger charge is 2.04. The lowest BCUT2D eigenvalue weighted by molar-refractivity contribution is 0.303. The van der Waals surface area contributed by atoms with Crippen LogP contribution < -0.4 is 9.47 Å². The van der Waals surface area contributed by atoms with E-state index < -0.39 is 0 Å². The molecular formula is C13H17NO2. The average molecular weight is 219 g/mol. The number of nitrogens with zero attached hydrogens (tertiary/aromatic N) is 1. The highest BCUT2D eigenvalue weighted by Crippen LogP contribution is 2.24. The Morgan fingerprint density at radius 3 is 2.75 bits per heavy atom. The Kier molecular flexibility index (Phi) is 5.21. The summed E-state index contributed by atoms with van der Waals surface area (Å²) in [6.07, 6.45) is 3.32. The summed E-state index contributed by atoms with van der Waals surface area (Å²) < 4.78 is 10.7. The molecule has 0 N–H and O–H groups in total. The second kappa shape index (κ2) is 6.73. The van der Waals surface area contributed by atoms with E-state index in [1.54, 1.807) is 25.3 Å². The van der Waals surface area contributed by atoms with E-state index in [1.807, 2.05) is 0 Å². The number of benzene rings is 1. The Hall–Kier alpha value is -1.69. The molecule has 0 spiro atoms. The first-order chi connectivity index (χ1) is 7.81. The minimum atomic E-state index is 0.553. The third-order valence-corrected chi connectivity index (χ3v) is 2.31. The molecule has 0 heterocycles. The zero-order chi connectivity index (χ0) is 11.8. The first-order valence-electron chi connectivity index (χ1n) is 5.52. The predicted molar refractivity (Wildman–Crippen MR) is 62.7 cm³/mol. The summed E-state index contributed by atoms with van der Waals surface area (Å²) in [5.74, 6) is 1.32. The molecule has 0 saturated carbocycles.